The highest BCUT2D eigenvalue weighted by Gasteiger charge is 2.16. The molecule has 8 heteroatoms. The van der Waals surface area contributed by atoms with E-state index in [1.807, 2.05) is 17.5 Å². The number of carbonyl (C=O) groups is 1. The van der Waals surface area contributed by atoms with Gasteiger partial charge in [0, 0.05) is 25.4 Å². The molecule has 1 aliphatic heterocycles. The van der Waals surface area contributed by atoms with E-state index in [0.717, 1.165) is 30.8 Å². The molecule has 22 heavy (non-hydrogen) atoms. The van der Waals surface area contributed by atoms with E-state index in [4.69, 9.17) is 4.52 Å². The van der Waals surface area contributed by atoms with Crippen LogP contribution in [0.2, 0.25) is 0 Å². The Morgan fingerprint density at radius 3 is 3.18 bits per heavy atom. The van der Waals surface area contributed by atoms with Crippen molar-refractivity contribution in [2.75, 3.05) is 13.1 Å². The molecule has 0 spiro atoms. The number of hydrogen-bond acceptors (Lipinski definition) is 6. The fourth-order valence-corrected chi connectivity index (χ4v) is 3.01. The Morgan fingerprint density at radius 1 is 1.55 bits per heavy atom. The number of hydrogen-bond donors (Lipinski definition) is 2. The number of halogens is 1. The van der Waals surface area contributed by atoms with Crippen LogP contribution in [0.3, 0.4) is 0 Å². The van der Waals surface area contributed by atoms with Crippen LogP contribution < -0.4 is 10.6 Å². The van der Waals surface area contributed by atoms with E-state index in [2.05, 4.69) is 20.8 Å². The van der Waals surface area contributed by atoms with E-state index in [-0.39, 0.29) is 24.4 Å². The summed E-state index contributed by atoms with van der Waals surface area (Å²) in [5.41, 5.74) is 0. The Morgan fingerprint density at radius 2 is 2.45 bits per heavy atom. The maximum Gasteiger partial charge on any atom is 0.227 e. The largest absolute Gasteiger partial charge is 0.352 e. The summed E-state index contributed by atoms with van der Waals surface area (Å²) in [7, 11) is 0. The number of carbonyl (C=O) groups excluding carboxylic acids is 1. The molecule has 0 saturated carbocycles. The number of aryl methyl sites for hydroxylation is 1. The number of nitrogens with one attached hydrogen (secondary N) is 2. The SMILES string of the molecule is Cl.O=C(CCc1nc(-c2cccs2)no1)NC1CCCNC1. The molecule has 0 aromatic carbocycles. The predicted molar refractivity (Wildman–Crippen MR) is 87.2 cm³/mol. The first-order valence-corrected chi connectivity index (χ1v) is 8.06. The van der Waals surface area contributed by atoms with Gasteiger partial charge in [0.1, 0.15) is 0 Å². The second-order valence-electron chi connectivity index (χ2n) is 5.10. The summed E-state index contributed by atoms with van der Waals surface area (Å²) in [6, 6.07) is 4.14. The number of aromatic nitrogens is 2. The van der Waals surface area contributed by atoms with Crippen LogP contribution in [0.25, 0.3) is 10.7 Å². The van der Waals surface area contributed by atoms with Gasteiger partial charge in [0.15, 0.2) is 0 Å². The van der Waals surface area contributed by atoms with Gasteiger partial charge in [0.05, 0.1) is 4.88 Å². The zero-order valence-corrected chi connectivity index (χ0v) is 13.7. The Labute approximate surface area is 139 Å². The Hall–Kier alpha value is -1.44. The molecule has 0 aliphatic carbocycles. The fraction of sp³-hybridized carbons (Fsp3) is 0.500. The molecule has 0 radical (unpaired) electrons. The molecule has 0 bridgehead atoms. The molecule has 120 valence electrons. The third-order valence-corrected chi connectivity index (χ3v) is 4.30. The minimum absolute atomic E-state index is 0. The van der Waals surface area contributed by atoms with Gasteiger partial charge < -0.3 is 15.2 Å². The van der Waals surface area contributed by atoms with Crippen LogP contribution in [0.4, 0.5) is 0 Å². The van der Waals surface area contributed by atoms with Gasteiger partial charge in [-0.15, -0.1) is 23.7 Å². The molecule has 3 rings (SSSR count). The molecular formula is C14H19ClN4O2S. The van der Waals surface area contributed by atoms with Crippen LogP contribution in [0.5, 0.6) is 0 Å². The van der Waals surface area contributed by atoms with Crippen molar-refractivity contribution in [1.29, 1.82) is 0 Å². The summed E-state index contributed by atoms with van der Waals surface area (Å²) < 4.78 is 5.18. The van der Waals surface area contributed by atoms with Gasteiger partial charge in [-0.2, -0.15) is 4.98 Å². The summed E-state index contributed by atoms with van der Waals surface area (Å²) in [5, 5.41) is 12.2. The van der Waals surface area contributed by atoms with Gasteiger partial charge >= 0.3 is 0 Å². The summed E-state index contributed by atoms with van der Waals surface area (Å²) in [4.78, 5) is 17.2. The lowest BCUT2D eigenvalue weighted by molar-refractivity contribution is -0.121. The average Bonchev–Trinajstić information content (AvgIpc) is 3.17. The van der Waals surface area contributed by atoms with Gasteiger partial charge in [-0.25, -0.2) is 0 Å². The molecular weight excluding hydrogens is 324 g/mol. The average molecular weight is 343 g/mol. The first-order valence-electron chi connectivity index (χ1n) is 7.18. The summed E-state index contributed by atoms with van der Waals surface area (Å²) in [5.74, 6) is 1.15. The van der Waals surface area contributed by atoms with Gasteiger partial charge in [-0.3, -0.25) is 4.79 Å². The number of thiophene rings is 1. The van der Waals surface area contributed by atoms with Crippen molar-refractivity contribution < 1.29 is 9.32 Å². The molecule has 1 aliphatic rings. The molecule has 2 aromatic rings. The summed E-state index contributed by atoms with van der Waals surface area (Å²) >= 11 is 1.57. The monoisotopic (exact) mass is 342 g/mol. The zero-order valence-electron chi connectivity index (χ0n) is 12.1. The van der Waals surface area contributed by atoms with E-state index in [9.17, 15) is 4.79 Å². The molecule has 3 heterocycles. The van der Waals surface area contributed by atoms with E-state index >= 15 is 0 Å². The first kappa shape index (κ1) is 16.9. The molecule has 2 N–H and O–H groups in total. The third kappa shape index (κ3) is 4.53. The van der Waals surface area contributed by atoms with Crippen LogP contribution >= 0.6 is 23.7 Å². The molecule has 1 unspecified atom stereocenters. The minimum atomic E-state index is 0. The molecule has 1 saturated heterocycles. The number of nitrogens with zero attached hydrogens (tertiary/aromatic N) is 2. The summed E-state index contributed by atoms with van der Waals surface area (Å²) in [6.07, 6.45) is 3.01. The van der Waals surface area contributed by atoms with Crippen LogP contribution in [0.15, 0.2) is 22.0 Å². The maximum absolute atomic E-state index is 11.9. The van der Waals surface area contributed by atoms with Gasteiger partial charge in [-0.05, 0) is 30.8 Å². The standard InChI is InChI=1S/C14H18N4O2S.ClH/c19-12(16-10-3-1-7-15-9-10)5-6-13-17-14(18-20-13)11-4-2-8-21-11;/h2,4,8,10,15H,1,3,5-7,9H2,(H,16,19);1H. The van der Waals surface area contributed by atoms with E-state index in [0.29, 0.717) is 24.6 Å². The van der Waals surface area contributed by atoms with Crippen LogP contribution in [-0.4, -0.2) is 35.2 Å². The van der Waals surface area contributed by atoms with Crippen molar-refractivity contribution in [2.45, 2.75) is 31.7 Å². The number of piperidine rings is 1. The van der Waals surface area contributed by atoms with Crippen LogP contribution in [0.1, 0.15) is 25.2 Å². The summed E-state index contributed by atoms with van der Waals surface area (Å²) in [6.45, 7) is 1.90. The number of rotatable bonds is 5. The maximum atomic E-state index is 11.9. The quantitative estimate of drug-likeness (QED) is 0.869. The highest BCUT2D eigenvalue weighted by Crippen LogP contribution is 2.21. The van der Waals surface area contributed by atoms with Crippen molar-refractivity contribution in [3.63, 3.8) is 0 Å². The lowest BCUT2D eigenvalue weighted by atomic mass is 10.1. The topological polar surface area (TPSA) is 80.0 Å². The molecule has 1 atom stereocenters. The highest BCUT2D eigenvalue weighted by molar-refractivity contribution is 7.13. The lowest BCUT2D eigenvalue weighted by Gasteiger charge is -2.23. The van der Waals surface area contributed by atoms with Crippen LogP contribution in [-0.2, 0) is 11.2 Å². The van der Waals surface area contributed by atoms with Crippen molar-refractivity contribution in [2.24, 2.45) is 0 Å². The Kier molecular flexibility index (Phi) is 6.35. The van der Waals surface area contributed by atoms with Crippen molar-refractivity contribution in [1.82, 2.24) is 20.8 Å². The smallest absolute Gasteiger partial charge is 0.227 e. The van der Waals surface area contributed by atoms with Gasteiger partial charge in [0.2, 0.25) is 17.6 Å². The lowest BCUT2D eigenvalue weighted by Crippen LogP contribution is -2.45. The predicted octanol–water partition coefficient (Wildman–Crippen LogP) is 2.02. The third-order valence-electron chi connectivity index (χ3n) is 3.44. The second-order valence-corrected chi connectivity index (χ2v) is 6.05. The number of amides is 1. The van der Waals surface area contributed by atoms with E-state index < -0.39 is 0 Å². The Balaban J connectivity index is 0.00000176. The van der Waals surface area contributed by atoms with E-state index in [1.54, 1.807) is 11.3 Å². The fourth-order valence-electron chi connectivity index (χ4n) is 2.36. The first-order chi connectivity index (χ1) is 10.3. The zero-order chi connectivity index (χ0) is 14.5. The molecule has 1 amide bonds. The normalized spacial score (nSPS) is 17.7. The molecule has 6 nitrogen and oxygen atoms in total. The highest BCUT2D eigenvalue weighted by atomic mass is 35.5. The van der Waals surface area contributed by atoms with E-state index in [1.165, 1.54) is 0 Å². The second kappa shape index (κ2) is 8.26. The van der Waals surface area contributed by atoms with Crippen molar-refractivity contribution in [3.8, 4) is 10.7 Å². The molecule has 2 aromatic heterocycles. The van der Waals surface area contributed by atoms with Gasteiger partial charge in [0.25, 0.3) is 0 Å². The molecule has 1 fully saturated rings. The van der Waals surface area contributed by atoms with Crippen LogP contribution in [0, 0.1) is 0 Å². The minimum Gasteiger partial charge on any atom is -0.352 e. The Bertz CT molecular complexity index is 581. The van der Waals surface area contributed by atoms with Crippen molar-refractivity contribution >= 4 is 29.7 Å². The van der Waals surface area contributed by atoms with Crippen molar-refractivity contribution in [3.05, 3.63) is 23.4 Å². The van der Waals surface area contributed by atoms with Gasteiger partial charge in [-0.1, -0.05) is 11.2 Å².